The maximum atomic E-state index is 2.33. The van der Waals surface area contributed by atoms with Crippen LogP contribution in [0, 0.1) is 5.92 Å². The van der Waals surface area contributed by atoms with Crippen molar-refractivity contribution in [1.82, 2.24) is 0 Å². The predicted molar refractivity (Wildman–Crippen MR) is 63.0 cm³/mol. The van der Waals surface area contributed by atoms with Crippen molar-refractivity contribution in [2.45, 2.75) is 39.2 Å². The van der Waals surface area contributed by atoms with Crippen molar-refractivity contribution in [2.75, 3.05) is 34.7 Å². The molecule has 0 bridgehead atoms. The summed E-state index contributed by atoms with van der Waals surface area (Å²) in [5.41, 5.74) is 0. The third kappa shape index (κ3) is 4.97. The highest BCUT2D eigenvalue weighted by Gasteiger charge is 2.26. The molecule has 14 heavy (non-hydrogen) atoms. The first-order valence-electron chi connectivity index (χ1n) is 6.11. The maximum Gasteiger partial charge on any atom is 0.0953 e. The molecule has 0 amide bonds. The van der Waals surface area contributed by atoms with Gasteiger partial charge in [0.15, 0.2) is 0 Å². The van der Waals surface area contributed by atoms with Crippen LogP contribution in [0.2, 0.25) is 0 Å². The van der Waals surface area contributed by atoms with E-state index in [1.54, 1.807) is 9.80 Å². The Balaban J connectivity index is 4.25. The van der Waals surface area contributed by atoms with Gasteiger partial charge in [-0.15, -0.1) is 0 Å². The lowest BCUT2D eigenvalue weighted by Gasteiger charge is -2.29. The summed E-state index contributed by atoms with van der Waals surface area (Å²) in [5.74, 6) is 0.880. The van der Waals surface area contributed by atoms with Crippen LogP contribution in [0.25, 0.3) is 0 Å². The van der Waals surface area contributed by atoms with Gasteiger partial charge in [0.1, 0.15) is 0 Å². The number of quaternary nitrogens is 2. The summed E-state index contributed by atoms with van der Waals surface area (Å²) in [5, 5.41) is 0. The van der Waals surface area contributed by atoms with Gasteiger partial charge in [-0.3, -0.25) is 0 Å². The fraction of sp³-hybridized carbons (Fsp3) is 1.00. The van der Waals surface area contributed by atoms with Crippen LogP contribution in [-0.4, -0.2) is 40.8 Å². The minimum absolute atomic E-state index is 0.847. The zero-order valence-electron chi connectivity index (χ0n) is 11.0. The van der Waals surface area contributed by atoms with Gasteiger partial charge in [0.05, 0.1) is 46.7 Å². The highest BCUT2D eigenvalue weighted by Crippen LogP contribution is 2.09. The number of rotatable bonds is 7. The third-order valence-electron chi connectivity index (χ3n) is 3.11. The zero-order chi connectivity index (χ0) is 11.1. The van der Waals surface area contributed by atoms with E-state index < -0.39 is 0 Å². The van der Waals surface area contributed by atoms with Crippen molar-refractivity contribution in [3.05, 3.63) is 0 Å². The van der Waals surface area contributed by atoms with Crippen LogP contribution in [0.5, 0.6) is 0 Å². The van der Waals surface area contributed by atoms with Crippen LogP contribution >= 0.6 is 0 Å². The van der Waals surface area contributed by atoms with Crippen molar-refractivity contribution in [2.24, 2.45) is 5.92 Å². The van der Waals surface area contributed by atoms with E-state index in [0.717, 1.165) is 12.0 Å². The molecule has 86 valence electrons. The Bertz CT molecular complexity index is 132. The molecule has 0 aromatic heterocycles. The van der Waals surface area contributed by atoms with Crippen LogP contribution in [0.15, 0.2) is 0 Å². The fourth-order valence-electron chi connectivity index (χ4n) is 2.40. The molecule has 0 saturated heterocycles. The minimum atomic E-state index is 0.847. The van der Waals surface area contributed by atoms with Crippen molar-refractivity contribution in [3.63, 3.8) is 0 Å². The average molecular weight is 202 g/mol. The molecule has 2 nitrogen and oxygen atoms in total. The Morgan fingerprint density at radius 2 is 1.57 bits per heavy atom. The summed E-state index contributed by atoms with van der Waals surface area (Å²) in [6.07, 6.45) is 4.00. The molecule has 0 aromatic rings. The molecule has 0 saturated carbocycles. The molecule has 0 heterocycles. The van der Waals surface area contributed by atoms with E-state index in [2.05, 4.69) is 42.0 Å². The van der Waals surface area contributed by atoms with E-state index in [1.807, 2.05) is 0 Å². The van der Waals surface area contributed by atoms with E-state index in [9.17, 15) is 0 Å². The summed E-state index contributed by atoms with van der Waals surface area (Å²) in [6, 6.07) is 0.847. The first-order chi connectivity index (χ1) is 6.52. The van der Waals surface area contributed by atoms with Gasteiger partial charge in [-0.25, -0.2) is 0 Å². The van der Waals surface area contributed by atoms with Crippen molar-refractivity contribution < 1.29 is 9.80 Å². The van der Waals surface area contributed by atoms with Crippen LogP contribution in [0.3, 0.4) is 0 Å². The van der Waals surface area contributed by atoms with Gasteiger partial charge >= 0.3 is 0 Å². The maximum absolute atomic E-state index is 2.33. The van der Waals surface area contributed by atoms with Crippen molar-refractivity contribution in [3.8, 4) is 0 Å². The van der Waals surface area contributed by atoms with Gasteiger partial charge in [0.25, 0.3) is 0 Å². The van der Waals surface area contributed by atoms with Gasteiger partial charge in [-0.1, -0.05) is 20.3 Å². The normalized spacial score (nSPS) is 16.3. The highest BCUT2D eigenvalue weighted by atomic mass is 15.1. The van der Waals surface area contributed by atoms with E-state index in [4.69, 9.17) is 0 Å². The molecular formula is C12H30N2+2. The minimum Gasteiger partial charge on any atom is -0.339 e. The summed E-state index contributed by atoms with van der Waals surface area (Å²) in [4.78, 5) is 3.21. The molecule has 0 aliphatic rings. The second-order valence-corrected chi connectivity index (χ2v) is 5.05. The predicted octanol–water partition coefficient (Wildman–Crippen LogP) is -0.530. The average Bonchev–Trinajstić information content (AvgIpc) is 2.10. The molecule has 2 heteroatoms. The Labute approximate surface area is 90.3 Å². The molecule has 0 radical (unpaired) electrons. The molecule has 2 N–H and O–H groups in total. The van der Waals surface area contributed by atoms with Crippen LogP contribution in [0.4, 0.5) is 0 Å². The SMILES string of the molecule is CCC[C@@H]([C@@H](CC)C[NH+](C)C)[NH+](C)C. The fourth-order valence-corrected chi connectivity index (χ4v) is 2.40. The van der Waals surface area contributed by atoms with E-state index in [1.165, 1.54) is 25.8 Å². The smallest absolute Gasteiger partial charge is 0.0953 e. The largest absolute Gasteiger partial charge is 0.339 e. The molecular weight excluding hydrogens is 172 g/mol. The molecule has 2 atom stereocenters. The summed E-state index contributed by atoms with van der Waals surface area (Å²) < 4.78 is 0. The molecule has 0 unspecified atom stereocenters. The second kappa shape index (κ2) is 7.24. The molecule has 0 rings (SSSR count). The zero-order valence-corrected chi connectivity index (χ0v) is 11.0. The number of hydrogen-bond acceptors (Lipinski definition) is 0. The Kier molecular flexibility index (Phi) is 7.20. The topological polar surface area (TPSA) is 8.88 Å². The lowest BCUT2D eigenvalue weighted by atomic mass is 9.92. The number of hydrogen-bond donors (Lipinski definition) is 2. The van der Waals surface area contributed by atoms with Crippen LogP contribution in [0.1, 0.15) is 33.1 Å². The second-order valence-electron chi connectivity index (χ2n) is 5.05. The van der Waals surface area contributed by atoms with Crippen LogP contribution < -0.4 is 9.80 Å². The van der Waals surface area contributed by atoms with E-state index in [0.29, 0.717) is 0 Å². The molecule has 0 aliphatic carbocycles. The molecule has 0 aromatic carbocycles. The Hall–Kier alpha value is -0.0800. The van der Waals surface area contributed by atoms with E-state index in [-0.39, 0.29) is 0 Å². The van der Waals surface area contributed by atoms with E-state index >= 15 is 0 Å². The Morgan fingerprint density at radius 1 is 1.00 bits per heavy atom. The van der Waals surface area contributed by atoms with Gasteiger partial charge in [0.2, 0.25) is 0 Å². The lowest BCUT2D eigenvalue weighted by Crippen LogP contribution is -3.13. The molecule has 0 fully saturated rings. The Morgan fingerprint density at radius 3 is 1.86 bits per heavy atom. The van der Waals surface area contributed by atoms with Gasteiger partial charge in [-0.2, -0.15) is 0 Å². The summed E-state index contributed by atoms with van der Waals surface area (Å²) in [6.45, 7) is 5.94. The first kappa shape index (κ1) is 13.9. The molecule has 0 spiro atoms. The van der Waals surface area contributed by atoms with Gasteiger partial charge in [0, 0.05) is 0 Å². The van der Waals surface area contributed by atoms with Gasteiger partial charge in [-0.05, 0) is 12.8 Å². The summed E-state index contributed by atoms with van der Waals surface area (Å²) in [7, 11) is 9.12. The van der Waals surface area contributed by atoms with Crippen molar-refractivity contribution in [1.29, 1.82) is 0 Å². The highest BCUT2D eigenvalue weighted by molar-refractivity contribution is 4.66. The lowest BCUT2D eigenvalue weighted by molar-refractivity contribution is -0.905. The molecule has 0 aliphatic heterocycles. The quantitative estimate of drug-likeness (QED) is 0.549. The van der Waals surface area contributed by atoms with Crippen molar-refractivity contribution >= 4 is 0 Å². The third-order valence-corrected chi connectivity index (χ3v) is 3.11. The first-order valence-corrected chi connectivity index (χ1v) is 6.11. The summed E-state index contributed by atoms with van der Waals surface area (Å²) >= 11 is 0. The van der Waals surface area contributed by atoms with Gasteiger partial charge < -0.3 is 9.80 Å². The number of nitrogens with one attached hydrogen (secondary N) is 2. The standard InChI is InChI=1S/C12H28N2/c1-7-9-12(14(5)6)11(8-2)10-13(3)4/h11-12H,7-10H2,1-6H3/p+2/t11-,12-/m0/s1. The monoisotopic (exact) mass is 202 g/mol. The van der Waals surface area contributed by atoms with Crippen LogP contribution in [-0.2, 0) is 0 Å².